The molecule has 0 unspecified atom stereocenters. The summed E-state index contributed by atoms with van der Waals surface area (Å²) in [6, 6.07) is 7.64. The van der Waals surface area contributed by atoms with Crippen molar-refractivity contribution in [1.29, 1.82) is 0 Å². The molecule has 1 aromatic carbocycles. The summed E-state index contributed by atoms with van der Waals surface area (Å²) in [5.74, 6) is 0.655. The third-order valence-corrected chi connectivity index (χ3v) is 4.28. The van der Waals surface area contributed by atoms with E-state index in [0.29, 0.717) is 39.1 Å². The SMILES string of the molecule is COc1ccccc1CN1C[C@@H](C(=O)NCCOC(C)C)CCC1=O. The highest BCUT2D eigenvalue weighted by molar-refractivity contribution is 5.83. The molecule has 1 atom stereocenters. The van der Waals surface area contributed by atoms with Crippen molar-refractivity contribution >= 4 is 11.8 Å². The molecule has 1 N–H and O–H groups in total. The van der Waals surface area contributed by atoms with Gasteiger partial charge in [0.2, 0.25) is 11.8 Å². The van der Waals surface area contributed by atoms with E-state index in [9.17, 15) is 9.59 Å². The van der Waals surface area contributed by atoms with Crippen LogP contribution < -0.4 is 10.1 Å². The Hall–Kier alpha value is -2.08. The van der Waals surface area contributed by atoms with E-state index in [0.717, 1.165) is 11.3 Å². The van der Waals surface area contributed by atoms with E-state index in [1.54, 1.807) is 12.0 Å². The van der Waals surface area contributed by atoms with Gasteiger partial charge in [-0.3, -0.25) is 9.59 Å². The molecule has 0 aromatic heterocycles. The molecule has 0 spiro atoms. The Kier molecular flexibility index (Phi) is 7.25. The van der Waals surface area contributed by atoms with Crippen LogP contribution in [0.2, 0.25) is 0 Å². The Morgan fingerprint density at radius 3 is 2.84 bits per heavy atom. The van der Waals surface area contributed by atoms with Crippen LogP contribution >= 0.6 is 0 Å². The Morgan fingerprint density at radius 2 is 2.12 bits per heavy atom. The first-order valence-electron chi connectivity index (χ1n) is 8.80. The zero-order chi connectivity index (χ0) is 18.2. The van der Waals surface area contributed by atoms with Crippen LogP contribution in [0.5, 0.6) is 5.75 Å². The lowest BCUT2D eigenvalue weighted by atomic mass is 9.96. The maximum absolute atomic E-state index is 12.3. The van der Waals surface area contributed by atoms with Crippen molar-refractivity contribution in [3.63, 3.8) is 0 Å². The van der Waals surface area contributed by atoms with Crippen LogP contribution in [0.3, 0.4) is 0 Å². The molecule has 1 heterocycles. The number of rotatable bonds is 8. The molecule has 25 heavy (non-hydrogen) atoms. The quantitative estimate of drug-likeness (QED) is 0.730. The first-order valence-corrected chi connectivity index (χ1v) is 8.80. The van der Waals surface area contributed by atoms with Crippen LogP contribution in [-0.2, 0) is 20.9 Å². The van der Waals surface area contributed by atoms with E-state index >= 15 is 0 Å². The summed E-state index contributed by atoms with van der Waals surface area (Å²) in [4.78, 5) is 26.3. The van der Waals surface area contributed by atoms with Crippen molar-refractivity contribution in [1.82, 2.24) is 10.2 Å². The summed E-state index contributed by atoms with van der Waals surface area (Å²) < 4.78 is 10.8. The largest absolute Gasteiger partial charge is 0.496 e. The number of carbonyl (C=O) groups excluding carboxylic acids is 2. The minimum Gasteiger partial charge on any atom is -0.496 e. The van der Waals surface area contributed by atoms with Crippen LogP contribution in [0.4, 0.5) is 0 Å². The topological polar surface area (TPSA) is 67.9 Å². The number of carbonyl (C=O) groups is 2. The number of likely N-dealkylation sites (tertiary alicyclic amines) is 1. The van der Waals surface area contributed by atoms with Crippen LogP contribution in [-0.4, -0.2) is 49.6 Å². The lowest BCUT2D eigenvalue weighted by molar-refractivity contribution is -0.139. The summed E-state index contributed by atoms with van der Waals surface area (Å²) in [5.41, 5.74) is 0.949. The summed E-state index contributed by atoms with van der Waals surface area (Å²) in [5, 5.41) is 2.90. The molecular formula is C19H28N2O4. The van der Waals surface area contributed by atoms with Gasteiger partial charge < -0.3 is 19.7 Å². The van der Waals surface area contributed by atoms with Gasteiger partial charge in [-0.2, -0.15) is 0 Å². The van der Waals surface area contributed by atoms with Crippen molar-refractivity contribution in [2.24, 2.45) is 5.92 Å². The van der Waals surface area contributed by atoms with Crippen LogP contribution in [0.15, 0.2) is 24.3 Å². The molecule has 138 valence electrons. The van der Waals surface area contributed by atoms with Gasteiger partial charge in [-0.25, -0.2) is 0 Å². The average molecular weight is 348 g/mol. The fraction of sp³-hybridized carbons (Fsp3) is 0.579. The van der Waals surface area contributed by atoms with Gasteiger partial charge >= 0.3 is 0 Å². The van der Waals surface area contributed by atoms with E-state index < -0.39 is 0 Å². The highest BCUT2D eigenvalue weighted by atomic mass is 16.5. The third kappa shape index (κ3) is 5.74. The Bertz CT molecular complexity index is 589. The zero-order valence-corrected chi connectivity index (χ0v) is 15.3. The van der Waals surface area contributed by atoms with E-state index in [-0.39, 0.29) is 23.8 Å². The van der Waals surface area contributed by atoms with Gasteiger partial charge in [-0.15, -0.1) is 0 Å². The molecule has 2 rings (SSSR count). The second kappa shape index (κ2) is 9.42. The molecular weight excluding hydrogens is 320 g/mol. The number of ether oxygens (including phenoxy) is 2. The lowest BCUT2D eigenvalue weighted by Crippen LogP contribution is -2.45. The molecule has 1 aromatic rings. The third-order valence-electron chi connectivity index (χ3n) is 4.28. The first kappa shape index (κ1) is 19.2. The number of hydrogen-bond donors (Lipinski definition) is 1. The molecule has 1 fully saturated rings. The number of amides is 2. The van der Waals surface area contributed by atoms with Crippen molar-refractivity contribution in [3.05, 3.63) is 29.8 Å². The first-order chi connectivity index (χ1) is 12.0. The Morgan fingerprint density at radius 1 is 1.36 bits per heavy atom. The predicted octanol–water partition coefficient (Wildman–Crippen LogP) is 1.97. The molecule has 1 aliphatic rings. The average Bonchev–Trinajstić information content (AvgIpc) is 2.60. The van der Waals surface area contributed by atoms with E-state index in [2.05, 4.69) is 5.32 Å². The molecule has 0 saturated carbocycles. The summed E-state index contributed by atoms with van der Waals surface area (Å²) in [6.07, 6.45) is 1.15. The zero-order valence-electron chi connectivity index (χ0n) is 15.3. The van der Waals surface area contributed by atoms with Gasteiger partial charge in [0.15, 0.2) is 0 Å². The van der Waals surface area contributed by atoms with Gasteiger partial charge in [0.05, 0.1) is 25.7 Å². The lowest BCUT2D eigenvalue weighted by Gasteiger charge is -2.32. The Labute approximate surface area is 149 Å². The molecule has 1 aliphatic heterocycles. The van der Waals surface area contributed by atoms with E-state index in [1.165, 1.54) is 0 Å². The van der Waals surface area contributed by atoms with Crippen LogP contribution in [0.1, 0.15) is 32.3 Å². The fourth-order valence-corrected chi connectivity index (χ4v) is 2.93. The smallest absolute Gasteiger partial charge is 0.224 e. The minimum atomic E-state index is -0.175. The predicted molar refractivity (Wildman–Crippen MR) is 95.2 cm³/mol. The van der Waals surface area contributed by atoms with E-state index in [4.69, 9.17) is 9.47 Å². The summed E-state index contributed by atoms with van der Waals surface area (Å²) in [6.45, 7) is 5.82. The van der Waals surface area contributed by atoms with Crippen LogP contribution in [0.25, 0.3) is 0 Å². The number of hydrogen-bond acceptors (Lipinski definition) is 4. The molecule has 0 radical (unpaired) electrons. The van der Waals surface area contributed by atoms with Crippen molar-refractivity contribution in [2.75, 3.05) is 26.8 Å². The van der Waals surface area contributed by atoms with Gasteiger partial charge in [0.25, 0.3) is 0 Å². The number of para-hydroxylation sites is 1. The molecule has 1 saturated heterocycles. The van der Waals surface area contributed by atoms with Gasteiger partial charge in [-0.1, -0.05) is 18.2 Å². The highest BCUT2D eigenvalue weighted by Gasteiger charge is 2.30. The molecule has 0 aliphatic carbocycles. The maximum Gasteiger partial charge on any atom is 0.224 e. The van der Waals surface area contributed by atoms with Gasteiger partial charge in [0, 0.05) is 31.6 Å². The highest BCUT2D eigenvalue weighted by Crippen LogP contribution is 2.24. The molecule has 6 heteroatoms. The minimum absolute atomic E-state index is 0.00937. The summed E-state index contributed by atoms with van der Waals surface area (Å²) >= 11 is 0. The second-order valence-electron chi connectivity index (χ2n) is 6.53. The van der Waals surface area contributed by atoms with E-state index in [1.807, 2.05) is 38.1 Å². The number of benzene rings is 1. The monoisotopic (exact) mass is 348 g/mol. The molecule has 6 nitrogen and oxygen atoms in total. The fourth-order valence-electron chi connectivity index (χ4n) is 2.93. The second-order valence-corrected chi connectivity index (χ2v) is 6.53. The van der Waals surface area contributed by atoms with Crippen molar-refractivity contribution in [2.45, 2.75) is 39.3 Å². The number of nitrogens with zero attached hydrogens (tertiary/aromatic N) is 1. The Balaban J connectivity index is 1.90. The standard InChI is InChI=1S/C19H28N2O4/c1-14(2)25-11-10-20-19(23)16-8-9-18(22)21(13-16)12-15-6-4-5-7-17(15)24-3/h4-7,14,16H,8-13H2,1-3H3,(H,20,23)/t16-/m0/s1. The number of methoxy groups -OCH3 is 1. The normalized spacial score (nSPS) is 17.7. The number of nitrogens with one attached hydrogen (secondary N) is 1. The van der Waals surface area contributed by atoms with Crippen LogP contribution in [0, 0.1) is 5.92 Å². The molecule has 0 bridgehead atoms. The maximum atomic E-state index is 12.3. The van der Waals surface area contributed by atoms with Crippen molar-refractivity contribution in [3.8, 4) is 5.75 Å². The van der Waals surface area contributed by atoms with Gasteiger partial charge in [-0.05, 0) is 26.3 Å². The summed E-state index contributed by atoms with van der Waals surface area (Å²) in [7, 11) is 1.62. The number of piperidine rings is 1. The van der Waals surface area contributed by atoms with Gasteiger partial charge in [0.1, 0.15) is 5.75 Å². The van der Waals surface area contributed by atoms with Crippen molar-refractivity contribution < 1.29 is 19.1 Å². The molecule has 2 amide bonds.